The highest BCUT2D eigenvalue weighted by Crippen LogP contribution is 2.26. The molecule has 0 unspecified atom stereocenters. The molecule has 4 nitrogen and oxygen atoms in total. The zero-order valence-electron chi connectivity index (χ0n) is 11.9. The van der Waals surface area contributed by atoms with Gasteiger partial charge in [0, 0.05) is 5.56 Å². The minimum Gasteiger partial charge on any atom is -0.211 e. The molecule has 102 valence electrons. The monoisotopic (exact) mass is 274 g/mol. The summed E-state index contributed by atoms with van der Waals surface area (Å²) in [5, 5.41) is 17.5. The van der Waals surface area contributed by atoms with Crippen molar-refractivity contribution in [3.8, 4) is 23.0 Å². The lowest BCUT2D eigenvalue weighted by molar-refractivity contribution is 0.802. The predicted molar refractivity (Wildman–Crippen MR) is 81.0 cm³/mol. The molecule has 1 aromatic heterocycles. The second-order valence-corrected chi connectivity index (χ2v) is 4.97. The van der Waals surface area contributed by atoms with Crippen LogP contribution in [0.15, 0.2) is 48.5 Å². The SMILES string of the molecule is Cc1cccc(-c2c(C#N)nnn2-c2ccccc2C)c1. The Hall–Kier alpha value is -2.93. The number of hydrogen-bond donors (Lipinski definition) is 0. The van der Waals surface area contributed by atoms with Gasteiger partial charge in [-0.3, -0.25) is 0 Å². The Kier molecular flexibility index (Phi) is 3.25. The van der Waals surface area contributed by atoms with Crippen LogP contribution >= 0.6 is 0 Å². The molecular weight excluding hydrogens is 260 g/mol. The van der Waals surface area contributed by atoms with Crippen LogP contribution in [-0.2, 0) is 0 Å². The van der Waals surface area contributed by atoms with E-state index in [1.807, 2.05) is 62.4 Å². The number of nitrogens with zero attached hydrogens (tertiary/aromatic N) is 4. The van der Waals surface area contributed by atoms with Crippen LogP contribution in [0.4, 0.5) is 0 Å². The van der Waals surface area contributed by atoms with Crippen LogP contribution in [0.5, 0.6) is 0 Å². The lowest BCUT2D eigenvalue weighted by Crippen LogP contribution is -2.02. The van der Waals surface area contributed by atoms with Crippen molar-refractivity contribution in [3.05, 3.63) is 65.4 Å². The van der Waals surface area contributed by atoms with Crippen LogP contribution in [0.25, 0.3) is 16.9 Å². The standard InChI is InChI=1S/C17H14N4/c1-12-6-5-8-14(10-12)17-15(11-18)19-20-21(17)16-9-4-3-7-13(16)2/h3-10H,1-2H3. The van der Waals surface area contributed by atoms with Gasteiger partial charge in [0.1, 0.15) is 11.8 Å². The molecular formula is C17H14N4. The molecule has 2 aromatic carbocycles. The maximum Gasteiger partial charge on any atom is 0.191 e. The van der Waals surface area contributed by atoms with E-state index in [1.54, 1.807) is 4.68 Å². The lowest BCUT2D eigenvalue weighted by atomic mass is 10.1. The van der Waals surface area contributed by atoms with Crippen molar-refractivity contribution in [2.75, 3.05) is 0 Å². The second-order valence-electron chi connectivity index (χ2n) is 4.97. The molecule has 0 saturated heterocycles. The summed E-state index contributed by atoms with van der Waals surface area (Å²) in [4.78, 5) is 0. The van der Waals surface area contributed by atoms with Crippen LogP contribution in [0.1, 0.15) is 16.8 Å². The van der Waals surface area contributed by atoms with E-state index >= 15 is 0 Å². The fraction of sp³-hybridized carbons (Fsp3) is 0.118. The van der Waals surface area contributed by atoms with Gasteiger partial charge < -0.3 is 0 Å². The Labute approximate surface area is 123 Å². The molecule has 0 saturated carbocycles. The largest absolute Gasteiger partial charge is 0.211 e. The highest BCUT2D eigenvalue weighted by molar-refractivity contribution is 5.68. The minimum absolute atomic E-state index is 0.337. The number of nitriles is 1. The average Bonchev–Trinajstić information content (AvgIpc) is 2.91. The Morgan fingerprint density at radius 1 is 1.05 bits per heavy atom. The maximum atomic E-state index is 9.31. The van der Waals surface area contributed by atoms with E-state index in [1.165, 1.54) is 0 Å². The van der Waals surface area contributed by atoms with E-state index in [2.05, 4.69) is 16.4 Å². The van der Waals surface area contributed by atoms with Crippen molar-refractivity contribution in [3.63, 3.8) is 0 Å². The van der Waals surface area contributed by atoms with E-state index in [9.17, 15) is 5.26 Å². The first-order chi connectivity index (χ1) is 10.2. The lowest BCUT2D eigenvalue weighted by Gasteiger charge is -2.09. The number of aryl methyl sites for hydroxylation is 2. The molecule has 0 fully saturated rings. The van der Waals surface area contributed by atoms with E-state index in [0.29, 0.717) is 5.69 Å². The van der Waals surface area contributed by atoms with Gasteiger partial charge in [-0.1, -0.05) is 47.2 Å². The van der Waals surface area contributed by atoms with Crippen LogP contribution < -0.4 is 0 Å². The number of benzene rings is 2. The molecule has 0 aliphatic heterocycles. The topological polar surface area (TPSA) is 54.5 Å². The Morgan fingerprint density at radius 2 is 1.86 bits per heavy atom. The number of hydrogen-bond acceptors (Lipinski definition) is 3. The first-order valence-electron chi connectivity index (χ1n) is 6.69. The van der Waals surface area contributed by atoms with E-state index in [4.69, 9.17) is 0 Å². The molecule has 0 bridgehead atoms. The fourth-order valence-electron chi connectivity index (χ4n) is 2.38. The van der Waals surface area contributed by atoms with E-state index < -0.39 is 0 Å². The smallest absolute Gasteiger partial charge is 0.191 e. The first-order valence-corrected chi connectivity index (χ1v) is 6.69. The minimum atomic E-state index is 0.337. The molecule has 0 N–H and O–H groups in total. The van der Waals surface area contributed by atoms with E-state index in [-0.39, 0.29) is 0 Å². The average molecular weight is 274 g/mol. The van der Waals surface area contributed by atoms with Crippen molar-refractivity contribution in [1.82, 2.24) is 15.0 Å². The van der Waals surface area contributed by atoms with Gasteiger partial charge in [0.25, 0.3) is 0 Å². The highest BCUT2D eigenvalue weighted by Gasteiger charge is 2.17. The summed E-state index contributed by atoms with van der Waals surface area (Å²) in [6.07, 6.45) is 0. The quantitative estimate of drug-likeness (QED) is 0.719. The Morgan fingerprint density at radius 3 is 2.57 bits per heavy atom. The van der Waals surface area contributed by atoms with Crippen LogP contribution in [0.2, 0.25) is 0 Å². The van der Waals surface area contributed by atoms with Crippen LogP contribution in [0, 0.1) is 25.2 Å². The molecule has 0 atom stereocenters. The summed E-state index contributed by atoms with van der Waals surface area (Å²) in [5.74, 6) is 0. The molecule has 21 heavy (non-hydrogen) atoms. The van der Waals surface area contributed by atoms with Crippen LogP contribution in [-0.4, -0.2) is 15.0 Å². The number of aromatic nitrogens is 3. The summed E-state index contributed by atoms with van der Waals surface area (Å²) in [6.45, 7) is 4.04. The van der Waals surface area contributed by atoms with Gasteiger partial charge in [-0.25, -0.2) is 4.68 Å². The number of para-hydroxylation sites is 1. The molecule has 0 radical (unpaired) electrons. The molecule has 0 aliphatic carbocycles. The normalized spacial score (nSPS) is 10.3. The summed E-state index contributed by atoms with van der Waals surface area (Å²) in [5.41, 5.74) is 5.16. The summed E-state index contributed by atoms with van der Waals surface area (Å²) >= 11 is 0. The van der Waals surface area contributed by atoms with Gasteiger partial charge in [-0.15, -0.1) is 5.10 Å². The van der Waals surface area contributed by atoms with Crippen molar-refractivity contribution < 1.29 is 0 Å². The molecule has 1 heterocycles. The van der Waals surface area contributed by atoms with Crippen molar-refractivity contribution in [1.29, 1.82) is 5.26 Å². The maximum absolute atomic E-state index is 9.31. The second kappa shape index (κ2) is 5.22. The van der Waals surface area contributed by atoms with Gasteiger partial charge in [0.2, 0.25) is 0 Å². The predicted octanol–water partition coefficient (Wildman–Crippen LogP) is 3.42. The summed E-state index contributed by atoms with van der Waals surface area (Å²) in [6, 6.07) is 18.1. The molecule has 0 aliphatic rings. The highest BCUT2D eigenvalue weighted by atomic mass is 15.4. The summed E-state index contributed by atoms with van der Waals surface area (Å²) < 4.78 is 1.74. The van der Waals surface area contributed by atoms with Gasteiger partial charge >= 0.3 is 0 Å². The van der Waals surface area contributed by atoms with Gasteiger partial charge in [0.05, 0.1) is 5.69 Å². The van der Waals surface area contributed by atoms with Crippen LogP contribution in [0.3, 0.4) is 0 Å². The third kappa shape index (κ3) is 2.30. The summed E-state index contributed by atoms with van der Waals surface area (Å²) in [7, 11) is 0. The van der Waals surface area contributed by atoms with Gasteiger partial charge in [-0.05, 0) is 31.5 Å². The van der Waals surface area contributed by atoms with Crippen molar-refractivity contribution in [2.24, 2.45) is 0 Å². The van der Waals surface area contributed by atoms with E-state index in [0.717, 1.165) is 28.1 Å². The zero-order chi connectivity index (χ0) is 14.8. The Bertz CT molecular complexity index is 840. The van der Waals surface area contributed by atoms with Crippen molar-refractivity contribution >= 4 is 0 Å². The molecule has 0 amide bonds. The zero-order valence-corrected chi connectivity index (χ0v) is 11.9. The molecule has 4 heteroatoms. The van der Waals surface area contributed by atoms with Gasteiger partial charge in [0.15, 0.2) is 5.69 Å². The van der Waals surface area contributed by atoms with Crippen molar-refractivity contribution in [2.45, 2.75) is 13.8 Å². The molecule has 0 spiro atoms. The number of rotatable bonds is 2. The Balaban J connectivity index is 2.28. The third-order valence-corrected chi connectivity index (χ3v) is 3.41. The third-order valence-electron chi connectivity index (χ3n) is 3.41. The van der Waals surface area contributed by atoms with Gasteiger partial charge in [-0.2, -0.15) is 5.26 Å². The first kappa shape index (κ1) is 13.1. The molecule has 3 aromatic rings. The fourth-order valence-corrected chi connectivity index (χ4v) is 2.38. The molecule has 3 rings (SSSR count).